The van der Waals surface area contributed by atoms with Crippen LogP contribution in [-0.4, -0.2) is 29.4 Å². The predicted molar refractivity (Wildman–Crippen MR) is 79.3 cm³/mol. The molecule has 0 aliphatic heterocycles. The number of amides is 1. The molecule has 0 bridgehead atoms. The van der Waals surface area contributed by atoms with E-state index in [4.69, 9.17) is 10.8 Å². The van der Waals surface area contributed by atoms with E-state index in [1.807, 2.05) is 0 Å². The van der Waals surface area contributed by atoms with Gasteiger partial charge in [-0.05, 0) is 36.6 Å². The molecule has 5 heteroatoms. The zero-order chi connectivity index (χ0) is 14.3. The van der Waals surface area contributed by atoms with Crippen molar-refractivity contribution >= 4 is 17.7 Å². The van der Waals surface area contributed by atoms with E-state index in [1.165, 1.54) is 11.8 Å². The largest absolute Gasteiger partial charge is 0.508 e. The van der Waals surface area contributed by atoms with Crippen LogP contribution in [0.3, 0.4) is 0 Å². The fraction of sp³-hybridized carbons (Fsp3) is 0.500. The lowest BCUT2D eigenvalue weighted by atomic mass is 10.0. The number of benzene rings is 1. The zero-order valence-electron chi connectivity index (χ0n) is 11.4. The molecule has 0 saturated heterocycles. The number of carbonyl (C=O) groups is 1. The van der Waals surface area contributed by atoms with E-state index in [0.29, 0.717) is 18.2 Å². The summed E-state index contributed by atoms with van der Waals surface area (Å²) in [4.78, 5) is 12.8. The number of carbonyl (C=O) groups excluding carboxylic acids is 1. The van der Waals surface area contributed by atoms with Gasteiger partial charge in [-0.2, -0.15) is 0 Å². The maximum Gasteiger partial charge on any atom is 0.230 e. The van der Waals surface area contributed by atoms with Gasteiger partial charge in [0.15, 0.2) is 0 Å². The van der Waals surface area contributed by atoms with Crippen LogP contribution in [-0.2, 0) is 4.79 Å². The Labute approximate surface area is 118 Å². The van der Waals surface area contributed by atoms with Gasteiger partial charge in [0.1, 0.15) is 5.75 Å². The summed E-state index contributed by atoms with van der Waals surface area (Å²) in [7, 11) is 0. The van der Waals surface area contributed by atoms with Crippen LogP contribution in [0.4, 0.5) is 0 Å². The molecule has 1 unspecified atom stereocenters. The van der Waals surface area contributed by atoms with Gasteiger partial charge in [-0.25, -0.2) is 0 Å². The molecule has 1 atom stereocenters. The number of thioether (sulfide) groups is 1. The summed E-state index contributed by atoms with van der Waals surface area (Å²) >= 11 is 1.44. The van der Waals surface area contributed by atoms with Crippen LogP contribution in [0.1, 0.15) is 20.3 Å². The first-order valence-corrected chi connectivity index (χ1v) is 7.41. The molecule has 0 aliphatic rings. The number of phenols is 1. The van der Waals surface area contributed by atoms with E-state index >= 15 is 0 Å². The number of phenolic OH excluding ortho intramolecular Hbond substituents is 1. The number of aromatic hydroxyl groups is 1. The molecule has 0 saturated carbocycles. The predicted octanol–water partition coefficient (Wildman–Crippen LogP) is 1.97. The summed E-state index contributed by atoms with van der Waals surface area (Å²) in [6, 6.07) is 6.86. The number of hydrogen-bond donors (Lipinski definition) is 3. The summed E-state index contributed by atoms with van der Waals surface area (Å²) < 4.78 is 0. The van der Waals surface area contributed by atoms with Crippen molar-refractivity contribution < 1.29 is 9.90 Å². The van der Waals surface area contributed by atoms with Gasteiger partial charge in [-0.3, -0.25) is 4.79 Å². The fourth-order valence-electron chi connectivity index (χ4n) is 1.74. The smallest absolute Gasteiger partial charge is 0.230 e. The molecule has 0 spiro atoms. The highest BCUT2D eigenvalue weighted by molar-refractivity contribution is 8.00. The molecule has 0 fully saturated rings. The maximum absolute atomic E-state index is 11.8. The Morgan fingerprint density at radius 1 is 1.37 bits per heavy atom. The minimum Gasteiger partial charge on any atom is -0.508 e. The van der Waals surface area contributed by atoms with E-state index in [2.05, 4.69) is 19.2 Å². The summed E-state index contributed by atoms with van der Waals surface area (Å²) in [5.74, 6) is 1.10. The van der Waals surface area contributed by atoms with Crippen molar-refractivity contribution in [3.05, 3.63) is 24.3 Å². The van der Waals surface area contributed by atoms with Gasteiger partial charge in [-0.15, -0.1) is 11.8 Å². The molecule has 19 heavy (non-hydrogen) atoms. The van der Waals surface area contributed by atoms with Gasteiger partial charge < -0.3 is 16.2 Å². The van der Waals surface area contributed by atoms with Gasteiger partial charge in [0, 0.05) is 17.5 Å². The van der Waals surface area contributed by atoms with Gasteiger partial charge in [-0.1, -0.05) is 13.8 Å². The molecule has 106 valence electrons. The van der Waals surface area contributed by atoms with Crippen molar-refractivity contribution in [3.8, 4) is 5.75 Å². The van der Waals surface area contributed by atoms with E-state index in [-0.39, 0.29) is 17.7 Å². The first kappa shape index (κ1) is 15.9. The molecular formula is C14H22N2O2S. The van der Waals surface area contributed by atoms with E-state index in [1.54, 1.807) is 24.3 Å². The van der Waals surface area contributed by atoms with Crippen LogP contribution < -0.4 is 11.1 Å². The molecule has 1 aromatic carbocycles. The second kappa shape index (κ2) is 8.07. The van der Waals surface area contributed by atoms with Crippen molar-refractivity contribution in [1.82, 2.24) is 5.32 Å². The Kier molecular flexibility index (Phi) is 6.73. The first-order valence-electron chi connectivity index (χ1n) is 6.42. The highest BCUT2D eigenvalue weighted by atomic mass is 32.2. The van der Waals surface area contributed by atoms with Gasteiger partial charge >= 0.3 is 0 Å². The van der Waals surface area contributed by atoms with Crippen molar-refractivity contribution in [3.63, 3.8) is 0 Å². The molecule has 4 nitrogen and oxygen atoms in total. The van der Waals surface area contributed by atoms with Crippen molar-refractivity contribution in [2.45, 2.75) is 31.2 Å². The molecule has 1 rings (SSSR count). The number of hydrogen-bond acceptors (Lipinski definition) is 4. The van der Waals surface area contributed by atoms with Crippen LogP contribution in [0.5, 0.6) is 5.75 Å². The minimum absolute atomic E-state index is 0.00539. The van der Waals surface area contributed by atoms with Gasteiger partial charge in [0.05, 0.1) is 5.75 Å². The second-order valence-electron chi connectivity index (χ2n) is 4.91. The van der Waals surface area contributed by atoms with E-state index < -0.39 is 0 Å². The monoisotopic (exact) mass is 282 g/mol. The summed E-state index contributed by atoms with van der Waals surface area (Å²) in [5, 5.41) is 12.1. The second-order valence-corrected chi connectivity index (χ2v) is 5.96. The summed E-state index contributed by atoms with van der Waals surface area (Å²) in [5.41, 5.74) is 5.64. The van der Waals surface area contributed by atoms with Crippen LogP contribution >= 0.6 is 11.8 Å². The average molecular weight is 282 g/mol. The van der Waals surface area contributed by atoms with Crippen molar-refractivity contribution in [1.29, 1.82) is 0 Å². The number of rotatable bonds is 7. The topological polar surface area (TPSA) is 75.3 Å². The SMILES string of the molecule is CC(C)CC(CN)NC(=O)CSc1ccc(O)cc1. The quantitative estimate of drug-likeness (QED) is 0.668. The van der Waals surface area contributed by atoms with Crippen LogP contribution in [0.2, 0.25) is 0 Å². The average Bonchev–Trinajstić information content (AvgIpc) is 2.36. The van der Waals surface area contributed by atoms with Crippen LogP contribution in [0.15, 0.2) is 29.2 Å². The molecule has 0 aliphatic carbocycles. The third kappa shape index (κ3) is 6.50. The third-order valence-corrected chi connectivity index (χ3v) is 3.62. The standard InChI is InChI=1S/C14H22N2O2S/c1-10(2)7-11(8-15)16-14(18)9-19-13-5-3-12(17)4-6-13/h3-6,10-11,17H,7-9,15H2,1-2H3,(H,16,18). The normalized spacial score (nSPS) is 12.4. The maximum atomic E-state index is 11.8. The Morgan fingerprint density at radius 3 is 2.53 bits per heavy atom. The lowest BCUT2D eigenvalue weighted by Gasteiger charge is -2.18. The minimum atomic E-state index is -0.00539. The highest BCUT2D eigenvalue weighted by Crippen LogP contribution is 2.20. The van der Waals surface area contributed by atoms with Crippen LogP contribution in [0, 0.1) is 5.92 Å². The molecule has 0 heterocycles. The Morgan fingerprint density at radius 2 is 2.00 bits per heavy atom. The van der Waals surface area contributed by atoms with Gasteiger partial charge in [0.25, 0.3) is 0 Å². The summed E-state index contributed by atoms with van der Waals surface area (Å²) in [6.45, 7) is 4.69. The fourth-order valence-corrected chi connectivity index (χ4v) is 2.45. The molecule has 0 radical (unpaired) electrons. The molecular weight excluding hydrogens is 260 g/mol. The Bertz CT molecular complexity index is 393. The number of nitrogens with one attached hydrogen (secondary N) is 1. The summed E-state index contributed by atoms with van der Waals surface area (Å²) in [6.07, 6.45) is 0.895. The van der Waals surface area contributed by atoms with E-state index in [0.717, 1.165) is 11.3 Å². The Hall–Kier alpha value is -1.20. The first-order chi connectivity index (χ1) is 9.01. The number of nitrogens with two attached hydrogens (primary N) is 1. The van der Waals surface area contributed by atoms with E-state index in [9.17, 15) is 4.79 Å². The van der Waals surface area contributed by atoms with Crippen LogP contribution in [0.25, 0.3) is 0 Å². The molecule has 0 aromatic heterocycles. The van der Waals surface area contributed by atoms with Crippen molar-refractivity contribution in [2.24, 2.45) is 11.7 Å². The third-order valence-electron chi connectivity index (χ3n) is 2.61. The lowest BCUT2D eigenvalue weighted by Crippen LogP contribution is -2.41. The highest BCUT2D eigenvalue weighted by Gasteiger charge is 2.12. The van der Waals surface area contributed by atoms with Gasteiger partial charge in [0.2, 0.25) is 5.91 Å². The lowest BCUT2D eigenvalue weighted by molar-refractivity contribution is -0.119. The molecule has 1 aromatic rings. The van der Waals surface area contributed by atoms with Crippen molar-refractivity contribution in [2.75, 3.05) is 12.3 Å². The Balaban J connectivity index is 2.36. The zero-order valence-corrected chi connectivity index (χ0v) is 12.2. The molecule has 4 N–H and O–H groups in total. The molecule has 1 amide bonds.